The van der Waals surface area contributed by atoms with E-state index in [1.165, 1.54) is 0 Å². The van der Waals surface area contributed by atoms with Crippen molar-refractivity contribution < 1.29 is 14.3 Å². The first-order valence-electron chi connectivity index (χ1n) is 10.2. The number of H-pyrrole nitrogens is 1. The minimum absolute atomic E-state index is 0.0627. The lowest BCUT2D eigenvalue weighted by molar-refractivity contribution is -0.119. The van der Waals surface area contributed by atoms with Crippen molar-refractivity contribution in [1.82, 2.24) is 9.97 Å². The van der Waals surface area contributed by atoms with Gasteiger partial charge in [0.15, 0.2) is 11.6 Å². The van der Waals surface area contributed by atoms with Gasteiger partial charge in [-0.1, -0.05) is 30.3 Å². The molecule has 0 bridgehead atoms. The zero-order valence-corrected chi connectivity index (χ0v) is 17.3. The van der Waals surface area contributed by atoms with Crippen LogP contribution in [0.15, 0.2) is 65.2 Å². The van der Waals surface area contributed by atoms with Gasteiger partial charge in [0.1, 0.15) is 29.4 Å². The number of imidazole rings is 1. The van der Waals surface area contributed by atoms with Crippen molar-refractivity contribution >= 4 is 23.4 Å². The van der Waals surface area contributed by atoms with Crippen LogP contribution in [0.2, 0.25) is 0 Å². The first-order chi connectivity index (χ1) is 14.9. The number of dihydropyridines is 1. The van der Waals surface area contributed by atoms with Crippen LogP contribution in [-0.2, 0) is 11.4 Å². The Hall–Kier alpha value is -3.80. The number of aromatic amines is 1. The molecule has 1 aromatic heterocycles. The molecule has 1 aliphatic carbocycles. The van der Waals surface area contributed by atoms with E-state index in [2.05, 4.69) is 15.0 Å². The zero-order valence-electron chi connectivity index (χ0n) is 17.3. The summed E-state index contributed by atoms with van der Waals surface area (Å²) >= 11 is 0. The molecule has 2 aliphatic rings. The molecule has 0 spiro atoms. The highest BCUT2D eigenvalue weighted by molar-refractivity contribution is 6.29. The molecule has 31 heavy (non-hydrogen) atoms. The molecule has 0 fully saturated rings. The molecule has 0 unspecified atom stereocenters. The molecule has 0 radical (unpaired) electrons. The maximum Gasteiger partial charge on any atom is 0.187 e. The van der Waals surface area contributed by atoms with Gasteiger partial charge < -0.3 is 9.72 Å². The lowest BCUT2D eigenvalue weighted by Crippen LogP contribution is -2.36. The second kappa shape index (κ2) is 7.16. The van der Waals surface area contributed by atoms with Crippen LogP contribution in [0.25, 0.3) is 17.0 Å². The number of fused-ring (bicyclic) bond motifs is 2. The predicted molar refractivity (Wildman–Crippen MR) is 118 cm³/mol. The summed E-state index contributed by atoms with van der Waals surface area (Å²) in [5, 5.41) is 0. The summed E-state index contributed by atoms with van der Waals surface area (Å²) in [6, 6.07) is 17.5. The molecule has 6 heteroatoms. The van der Waals surface area contributed by atoms with Gasteiger partial charge in [-0.2, -0.15) is 0 Å². The molecular formula is C25H21N3O3. The van der Waals surface area contributed by atoms with Gasteiger partial charge in [-0.15, -0.1) is 0 Å². The summed E-state index contributed by atoms with van der Waals surface area (Å²) in [5.41, 5.74) is 3.19. The molecule has 2 aromatic carbocycles. The molecule has 1 N–H and O–H groups in total. The normalized spacial score (nSPS) is 16.8. The first kappa shape index (κ1) is 19.2. The molecule has 0 atom stereocenters. The van der Waals surface area contributed by atoms with Crippen molar-refractivity contribution in [1.29, 1.82) is 0 Å². The number of ketones is 2. The Morgan fingerprint density at radius 3 is 2.52 bits per heavy atom. The number of aromatic nitrogens is 2. The molecule has 154 valence electrons. The van der Waals surface area contributed by atoms with Crippen LogP contribution < -0.4 is 4.74 Å². The maximum atomic E-state index is 12.7. The SMILES string of the molecule is CC1(C)N=CC2=C(CC(=O)c3nc(-c4ccc(OCc5ccccc5)cc4)[nH]c32)C1=O. The number of rotatable bonds is 4. The third-order valence-electron chi connectivity index (χ3n) is 5.62. The zero-order chi connectivity index (χ0) is 21.6. The minimum Gasteiger partial charge on any atom is -0.489 e. The summed E-state index contributed by atoms with van der Waals surface area (Å²) < 4.78 is 5.84. The van der Waals surface area contributed by atoms with Crippen molar-refractivity contribution in [2.24, 2.45) is 4.99 Å². The van der Waals surface area contributed by atoms with Gasteiger partial charge in [-0.05, 0) is 43.7 Å². The van der Waals surface area contributed by atoms with Crippen LogP contribution in [0.5, 0.6) is 5.75 Å². The Labute approximate surface area is 179 Å². The number of hydrogen-bond donors (Lipinski definition) is 1. The van der Waals surface area contributed by atoms with Crippen molar-refractivity contribution in [3.05, 3.63) is 77.1 Å². The van der Waals surface area contributed by atoms with E-state index in [0.29, 0.717) is 35.0 Å². The summed E-state index contributed by atoms with van der Waals surface area (Å²) in [6.07, 6.45) is 1.75. The Morgan fingerprint density at radius 1 is 1.03 bits per heavy atom. The molecule has 1 aliphatic heterocycles. The van der Waals surface area contributed by atoms with E-state index in [9.17, 15) is 9.59 Å². The molecule has 3 aromatic rings. The number of benzene rings is 2. The van der Waals surface area contributed by atoms with Gasteiger partial charge in [0, 0.05) is 29.3 Å². The lowest BCUT2D eigenvalue weighted by atomic mass is 9.81. The molecular weight excluding hydrogens is 390 g/mol. The highest BCUT2D eigenvalue weighted by Gasteiger charge is 2.39. The van der Waals surface area contributed by atoms with Crippen molar-refractivity contribution in [3.63, 3.8) is 0 Å². The fourth-order valence-electron chi connectivity index (χ4n) is 3.85. The van der Waals surface area contributed by atoms with E-state index >= 15 is 0 Å². The van der Waals surface area contributed by atoms with Crippen molar-refractivity contribution in [2.45, 2.75) is 32.4 Å². The van der Waals surface area contributed by atoms with Crippen LogP contribution in [0.4, 0.5) is 0 Å². The number of carbonyl (C=O) groups excluding carboxylic acids is 2. The number of hydrogen-bond acceptors (Lipinski definition) is 5. The second-order valence-electron chi connectivity index (χ2n) is 8.25. The quantitative estimate of drug-likeness (QED) is 0.688. The fraction of sp³-hybridized carbons (Fsp3) is 0.200. The molecule has 6 nitrogen and oxygen atoms in total. The van der Waals surface area contributed by atoms with Crippen LogP contribution >= 0.6 is 0 Å². The number of Topliss-reactive ketones (excluding diaryl/α,β-unsaturated/α-hetero) is 2. The average molecular weight is 411 g/mol. The summed E-state index contributed by atoms with van der Waals surface area (Å²) in [7, 11) is 0. The highest BCUT2D eigenvalue weighted by Crippen LogP contribution is 2.36. The topological polar surface area (TPSA) is 84.4 Å². The van der Waals surface area contributed by atoms with Gasteiger partial charge in [0.05, 0.1) is 5.69 Å². The van der Waals surface area contributed by atoms with E-state index in [1.807, 2.05) is 54.6 Å². The number of allylic oxidation sites excluding steroid dienone is 1. The second-order valence-corrected chi connectivity index (χ2v) is 8.25. The first-order valence-corrected chi connectivity index (χ1v) is 10.2. The molecule has 2 heterocycles. The van der Waals surface area contributed by atoms with Crippen LogP contribution in [0.1, 0.15) is 42.0 Å². The maximum absolute atomic E-state index is 12.7. The third-order valence-corrected chi connectivity index (χ3v) is 5.62. The summed E-state index contributed by atoms with van der Waals surface area (Å²) in [6.45, 7) is 4.01. The summed E-state index contributed by atoms with van der Waals surface area (Å²) in [4.78, 5) is 37.6. The van der Waals surface area contributed by atoms with E-state index in [0.717, 1.165) is 16.9 Å². The number of nitrogens with one attached hydrogen (secondary N) is 1. The van der Waals surface area contributed by atoms with Gasteiger partial charge in [0.2, 0.25) is 0 Å². The van der Waals surface area contributed by atoms with Crippen molar-refractivity contribution in [2.75, 3.05) is 0 Å². The third kappa shape index (κ3) is 3.40. The van der Waals surface area contributed by atoms with Gasteiger partial charge in [-0.3, -0.25) is 14.6 Å². The lowest BCUT2D eigenvalue weighted by Gasteiger charge is -2.27. The van der Waals surface area contributed by atoms with Crippen LogP contribution in [0.3, 0.4) is 0 Å². The van der Waals surface area contributed by atoms with E-state index in [4.69, 9.17) is 4.74 Å². The standard InChI is InChI=1S/C25H21N3O3/c1-25(2)23(30)18-12-20(29)22-21(19(18)13-26-25)27-24(28-22)16-8-10-17(11-9-16)31-14-15-6-4-3-5-7-15/h3-11,13H,12,14H2,1-2H3,(H,27,28). The Morgan fingerprint density at radius 2 is 1.77 bits per heavy atom. The Bertz CT molecular complexity index is 1250. The van der Waals surface area contributed by atoms with E-state index < -0.39 is 5.54 Å². The predicted octanol–water partition coefficient (Wildman–Crippen LogP) is 4.43. The average Bonchev–Trinajstić information content (AvgIpc) is 3.23. The monoisotopic (exact) mass is 411 g/mol. The number of carbonyl (C=O) groups is 2. The number of nitrogens with zero attached hydrogens (tertiary/aromatic N) is 2. The van der Waals surface area contributed by atoms with Gasteiger partial charge in [-0.25, -0.2) is 4.98 Å². The fourth-order valence-corrected chi connectivity index (χ4v) is 3.85. The molecule has 0 saturated heterocycles. The van der Waals surface area contributed by atoms with Crippen LogP contribution in [0, 0.1) is 0 Å². The van der Waals surface area contributed by atoms with Gasteiger partial charge >= 0.3 is 0 Å². The minimum atomic E-state index is -0.838. The van der Waals surface area contributed by atoms with E-state index in [1.54, 1.807) is 20.1 Å². The van der Waals surface area contributed by atoms with Crippen LogP contribution in [-0.4, -0.2) is 33.3 Å². The molecule has 0 saturated carbocycles. The van der Waals surface area contributed by atoms with Crippen molar-refractivity contribution in [3.8, 4) is 17.1 Å². The van der Waals surface area contributed by atoms with E-state index in [-0.39, 0.29) is 18.0 Å². The largest absolute Gasteiger partial charge is 0.489 e. The highest BCUT2D eigenvalue weighted by atomic mass is 16.5. The Kier molecular flexibility index (Phi) is 4.43. The molecule has 0 amide bonds. The van der Waals surface area contributed by atoms with Gasteiger partial charge in [0.25, 0.3) is 0 Å². The number of ether oxygens (including phenoxy) is 1. The Balaban J connectivity index is 1.41. The summed E-state index contributed by atoms with van der Waals surface area (Å²) in [5.74, 6) is 1.06. The number of aliphatic imine (C=N–C) groups is 1. The molecule has 5 rings (SSSR count). The smallest absolute Gasteiger partial charge is 0.187 e.